The zero-order valence-electron chi connectivity index (χ0n) is 20.0. The molecule has 36 heavy (non-hydrogen) atoms. The Morgan fingerprint density at radius 1 is 1.14 bits per heavy atom. The third-order valence-electron chi connectivity index (χ3n) is 8.04. The maximum Gasteiger partial charge on any atom is 0.416 e. The molecule has 1 saturated carbocycles. The molecule has 2 aliphatic rings. The molecule has 3 aromatic rings. The van der Waals surface area contributed by atoms with Crippen LogP contribution < -0.4 is 4.90 Å². The Balaban J connectivity index is 1.30. The van der Waals surface area contributed by atoms with E-state index >= 15 is 4.39 Å². The van der Waals surface area contributed by atoms with E-state index in [1.165, 1.54) is 18.3 Å². The summed E-state index contributed by atoms with van der Waals surface area (Å²) in [6, 6.07) is 4.72. The van der Waals surface area contributed by atoms with Crippen molar-refractivity contribution >= 4 is 22.8 Å². The summed E-state index contributed by atoms with van der Waals surface area (Å²) in [4.78, 5) is 21.6. The van der Waals surface area contributed by atoms with E-state index < -0.39 is 23.5 Å². The molecule has 192 valence electrons. The number of hydrogen-bond acceptors (Lipinski definition) is 4. The number of piperidine rings is 1. The summed E-state index contributed by atoms with van der Waals surface area (Å²) in [5.74, 6) is -0.359. The van der Waals surface area contributed by atoms with E-state index in [0.717, 1.165) is 50.7 Å². The number of pyridine rings is 1. The Morgan fingerprint density at radius 3 is 2.44 bits per heavy atom. The van der Waals surface area contributed by atoms with Gasteiger partial charge in [-0.2, -0.15) is 13.2 Å². The molecule has 3 heterocycles. The number of aliphatic carboxylic acids is 1. The molecule has 10 heteroatoms. The van der Waals surface area contributed by atoms with Gasteiger partial charge in [-0.15, -0.1) is 0 Å². The number of alkyl halides is 3. The van der Waals surface area contributed by atoms with E-state index in [-0.39, 0.29) is 29.1 Å². The third kappa shape index (κ3) is 4.65. The topological polar surface area (TPSA) is 71.2 Å². The third-order valence-corrected chi connectivity index (χ3v) is 8.04. The number of imidazole rings is 1. The largest absolute Gasteiger partial charge is 0.481 e. The van der Waals surface area contributed by atoms with Crippen molar-refractivity contribution in [2.45, 2.75) is 51.1 Å². The highest BCUT2D eigenvalue weighted by Crippen LogP contribution is 2.47. The fourth-order valence-corrected chi connectivity index (χ4v) is 5.85. The van der Waals surface area contributed by atoms with E-state index in [9.17, 15) is 18.0 Å². The number of fused-ring (bicyclic) bond motifs is 1. The molecule has 0 atom stereocenters. The summed E-state index contributed by atoms with van der Waals surface area (Å²) < 4.78 is 56.1. The van der Waals surface area contributed by atoms with Gasteiger partial charge in [0, 0.05) is 38.3 Å². The highest BCUT2D eigenvalue weighted by Gasteiger charge is 2.39. The van der Waals surface area contributed by atoms with Crippen LogP contribution in [-0.2, 0) is 18.0 Å². The first kappa shape index (κ1) is 24.5. The number of hydrogen-bond donors (Lipinski definition) is 1. The van der Waals surface area contributed by atoms with Gasteiger partial charge in [0.15, 0.2) is 11.6 Å². The van der Waals surface area contributed by atoms with Gasteiger partial charge in [-0.25, -0.2) is 14.4 Å². The quantitative estimate of drug-likeness (QED) is 0.439. The number of aryl methyl sites for hydroxylation is 1. The molecule has 0 amide bonds. The van der Waals surface area contributed by atoms with Crippen molar-refractivity contribution in [3.63, 3.8) is 0 Å². The predicted molar refractivity (Wildman–Crippen MR) is 127 cm³/mol. The van der Waals surface area contributed by atoms with Crippen molar-refractivity contribution in [1.29, 1.82) is 0 Å². The summed E-state index contributed by atoms with van der Waals surface area (Å²) >= 11 is 0. The van der Waals surface area contributed by atoms with Crippen molar-refractivity contribution in [1.82, 2.24) is 14.5 Å². The standard InChI is InChI=1S/C26H28F4N4O2/c1-33-21-3-2-18(26(28,29)30)14-20(21)32-23(33)17-13-19(27)24(31-15-17)34-10-8-25(9-11-34)6-4-16(5-7-25)12-22(35)36/h2-3,13-16H,4-12H2,1H3,(H,35,36). The minimum absolute atomic E-state index is 0.186. The number of carboxylic acid groups (broad SMARTS) is 1. The van der Waals surface area contributed by atoms with E-state index in [0.29, 0.717) is 30.0 Å². The fourth-order valence-electron chi connectivity index (χ4n) is 5.85. The zero-order chi connectivity index (χ0) is 25.7. The zero-order valence-corrected chi connectivity index (χ0v) is 20.0. The molecule has 0 radical (unpaired) electrons. The molecule has 6 nitrogen and oxygen atoms in total. The molecule has 0 bridgehead atoms. The van der Waals surface area contributed by atoms with Gasteiger partial charge in [0.1, 0.15) is 5.82 Å². The summed E-state index contributed by atoms with van der Waals surface area (Å²) in [6.45, 7) is 1.36. The summed E-state index contributed by atoms with van der Waals surface area (Å²) in [6.07, 6.45) is 3.00. The van der Waals surface area contributed by atoms with Crippen molar-refractivity contribution < 1.29 is 27.5 Å². The maximum absolute atomic E-state index is 15.2. The van der Waals surface area contributed by atoms with Crippen molar-refractivity contribution in [2.24, 2.45) is 18.4 Å². The lowest BCUT2D eigenvalue weighted by Gasteiger charge is -2.46. The second-order valence-electron chi connectivity index (χ2n) is 10.3. The Kier molecular flexibility index (Phi) is 6.16. The number of benzene rings is 1. The Morgan fingerprint density at radius 2 is 1.83 bits per heavy atom. The molecule has 2 fully saturated rings. The fraction of sp³-hybridized carbons (Fsp3) is 0.500. The van der Waals surface area contributed by atoms with E-state index in [1.54, 1.807) is 11.6 Å². The summed E-state index contributed by atoms with van der Waals surface area (Å²) in [5, 5.41) is 9.04. The number of rotatable bonds is 4. The number of carbonyl (C=O) groups is 1. The average Bonchev–Trinajstić information content (AvgIpc) is 3.16. The van der Waals surface area contributed by atoms with Crippen LogP contribution in [0.2, 0.25) is 0 Å². The van der Waals surface area contributed by atoms with Crippen LogP contribution in [0.4, 0.5) is 23.4 Å². The molecule has 0 unspecified atom stereocenters. The molecule has 2 aromatic heterocycles. The predicted octanol–water partition coefficient (Wildman–Crippen LogP) is 6.04. The highest BCUT2D eigenvalue weighted by atomic mass is 19.4. The average molecular weight is 505 g/mol. The summed E-state index contributed by atoms with van der Waals surface area (Å²) in [7, 11) is 1.68. The van der Waals surface area contributed by atoms with Crippen LogP contribution in [0.5, 0.6) is 0 Å². The first-order chi connectivity index (χ1) is 17.0. The van der Waals surface area contributed by atoms with Crippen LogP contribution in [0.15, 0.2) is 30.5 Å². The van der Waals surface area contributed by atoms with Crippen LogP contribution in [0.3, 0.4) is 0 Å². The maximum atomic E-state index is 15.2. The first-order valence-corrected chi connectivity index (χ1v) is 12.2. The van der Waals surface area contributed by atoms with Crippen LogP contribution in [0.25, 0.3) is 22.4 Å². The van der Waals surface area contributed by atoms with Crippen molar-refractivity contribution in [2.75, 3.05) is 18.0 Å². The van der Waals surface area contributed by atoms with Crippen molar-refractivity contribution in [3.8, 4) is 11.4 Å². The Hall–Kier alpha value is -3.17. The molecule has 1 saturated heterocycles. The Labute approximate surface area is 206 Å². The molecule has 1 aliphatic heterocycles. The van der Waals surface area contributed by atoms with Gasteiger partial charge in [0.05, 0.1) is 16.6 Å². The molecule has 1 aliphatic carbocycles. The SMILES string of the molecule is Cn1c(-c2cnc(N3CCC4(CCC(CC(=O)O)CC4)CC3)c(F)c2)nc2cc(C(F)(F)F)ccc21. The van der Waals surface area contributed by atoms with Crippen LogP contribution in [0.1, 0.15) is 50.5 Å². The minimum Gasteiger partial charge on any atom is -0.481 e. The molecule has 1 spiro atoms. The van der Waals surface area contributed by atoms with Crippen LogP contribution in [0, 0.1) is 17.2 Å². The Bertz CT molecular complexity index is 1290. The summed E-state index contributed by atoms with van der Waals surface area (Å²) in [5.41, 5.74) is 0.518. The van der Waals surface area contributed by atoms with Crippen LogP contribution >= 0.6 is 0 Å². The lowest BCUT2D eigenvalue weighted by molar-refractivity contribution is -0.139. The number of aromatic nitrogens is 3. The lowest BCUT2D eigenvalue weighted by Crippen LogP contribution is -2.42. The smallest absolute Gasteiger partial charge is 0.416 e. The lowest BCUT2D eigenvalue weighted by atomic mass is 9.65. The van der Waals surface area contributed by atoms with Crippen LogP contribution in [-0.4, -0.2) is 38.7 Å². The molecular weight excluding hydrogens is 476 g/mol. The van der Waals surface area contributed by atoms with Crippen molar-refractivity contribution in [3.05, 3.63) is 41.8 Å². The van der Waals surface area contributed by atoms with E-state index in [1.807, 2.05) is 4.90 Å². The van der Waals surface area contributed by atoms with Gasteiger partial charge in [-0.05, 0) is 74.1 Å². The van der Waals surface area contributed by atoms with Gasteiger partial charge in [0.25, 0.3) is 0 Å². The van der Waals surface area contributed by atoms with E-state index in [2.05, 4.69) is 9.97 Å². The molecular formula is C26H28F4N4O2. The second-order valence-corrected chi connectivity index (χ2v) is 10.3. The number of anilines is 1. The van der Waals surface area contributed by atoms with Gasteiger partial charge in [-0.3, -0.25) is 4.79 Å². The highest BCUT2D eigenvalue weighted by molar-refractivity contribution is 5.81. The number of halogens is 4. The normalized spacial score (nSPS) is 18.8. The molecule has 1 aromatic carbocycles. The minimum atomic E-state index is -4.47. The molecule has 5 rings (SSSR count). The monoisotopic (exact) mass is 504 g/mol. The van der Waals surface area contributed by atoms with Gasteiger partial charge >= 0.3 is 12.1 Å². The van der Waals surface area contributed by atoms with Gasteiger partial charge < -0.3 is 14.6 Å². The second kappa shape index (κ2) is 9.05. The first-order valence-electron chi connectivity index (χ1n) is 12.2. The number of nitrogens with zero attached hydrogens (tertiary/aromatic N) is 4. The number of carboxylic acids is 1. The molecule has 1 N–H and O–H groups in total. The van der Waals surface area contributed by atoms with E-state index in [4.69, 9.17) is 5.11 Å². The van der Waals surface area contributed by atoms with Gasteiger partial charge in [-0.1, -0.05) is 0 Å². The van der Waals surface area contributed by atoms with Gasteiger partial charge in [0.2, 0.25) is 0 Å².